The van der Waals surface area contributed by atoms with E-state index in [0.29, 0.717) is 6.54 Å². The van der Waals surface area contributed by atoms with Crippen LogP contribution in [0.2, 0.25) is 0 Å². The molecule has 1 fully saturated rings. The molecule has 4 nitrogen and oxygen atoms in total. The lowest BCUT2D eigenvalue weighted by molar-refractivity contribution is -0.119. The largest absolute Gasteiger partial charge is 0.457 e. The molecule has 0 bridgehead atoms. The Kier molecular flexibility index (Phi) is 2.84. The number of hydrogen-bond acceptors (Lipinski definition) is 3. The van der Waals surface area contributed by atoms with Crippen LogP contribution in [0, 0.1) is 7.05 Å². The molecule has 4 heteroatoms. The zero-order valence-corrected chi connectivity index (χ0v) is 6.62. The third-order valence-corrected chi connectivity index (χ3v) is 1.84. The van der Waals surface area contributed by atoms with E-state index >= 15 is 0 Å². The van der Waals surface area contributed by atoms with E-state index < -0.39 is 0 Å². The number of carbonyl (C=O) groups is 1. The Morgan fingerprint density at radius 1 is 1.36 bits per heavy atom. The minimum absolute atomic E-state index is 0.248. The van der Waals surface area contributed by atoms with Crippen LogP contribution in [0.1, 0.15) is 0 Å². The standard InChI is InChI=1S/C7H14N3O/c1-9-2-4-10(5-3-9)6-7(8)11/h1-6H2,(H2,8,11)/q-1. The third-order valence-electron chi connectivity index (χ3n) is 1.84. The Morgan fingerprint density at radius 3 is 2.36 bits per heavy atom. The summed E-state index contributed by atoms with van der Waals surface area (Å²) in [6.07, 6.45) is 0. The number of rotatable bonds is 2. The van der Waals surface area contributed by atoms with E-state index in [9.17, 15) is 4.79 Å². The summed E-state index contributed by atoms with van der Waals surface area (Å²) in [6.45, 7) is 4.02. The number of hydrogen-bond donors (Lipinski definition) is 1. The van der Waals surface area contributed by atoms with Gasteiger partial charge in [-0.2, -0.15) is 0 Å². The molecule has 0 aromatic carbocycles. The third kappa shape index (κ3) is 2.86. The van der Waals surface area contributed by atoms with Crippen LogP contribution in [-0.2, 0) is 4.79 Å². The fraction of sp³-hybridized carbons (Fsp3) is 0.714. The molecule has 0 saturated carbocycles. The molecule has 1 aliphatic heterocycles. The molecule has 1 rings (SSSR count). The Bertz CT molecular complexity index is 141. The van der Waals surface area contributed by atoms with Crippen LogP contribution in [0.4, 0.5) is 0 Å². The molecule has 0 aromatic rings. The molecule has 0 radical (unpaired) electrons. The van der Waals surface area contributed by atoms with Crippen molar-refractivity contribution < 1.29 is 4.79 Å². The van der Waals surface area contributed by atoms with Crippen molar-refractivity contribution in [2.75, 3.05) is 32.7 Å². The van der Waals surface area contributed by atoms with Gasteiger partial charge in [0.05, 0.1) is 6.54 Å². The monoisotopic (exact) mass is 156 g/mol. The quantitative estimate of drug-likeness (QED) is 0.515. The molecule has 1 aliphatic rings. The molecule has 2 N–H and O–H groups in total. The van der Waals surface area contributed by atoms with Gasteiger partial charge in [-0.1, -0.05) is 0 Å². The lowest BCUT2D eigenvalue weighted by atomic mass is 10.3. The Morgan fingerprint density at radius 2 is 1.91 bits per heavy atom. The summed E-state index contributed by atoms with van der Waals surface area (Å²) in [5.74, 6) is -0.248. The maximum absolute atomic E-state index is 10.5. The van der Waals surface area contributed by atoms with Crippen molar-refractivity contribution in [2.45, 2.75) is 0 Å². The predicted molar refractivity (Wildman–Crippen MR) is 42.6 cm³/mol. The van der Waals surface area contributed by atoms with E-state index in [2.05, 4.69) is 7.05 Å². The van der Waals surface area contributed by atoms with E-state index in [4.69, 9.17) is 5.73 Å². The van der Waals surface area contributed by atoms with Crippen LogP contribution in [0.25, 0.3) is 0 Å². The van der Waals surface area contributed by atoms with Crippen LogP contribution >= 0.6 is 0 Å². The van der Waals surface area contributed by atoms with Crippen LogP contribution in [0.15, 0.2) is 0 Å². The zero-order chi connectivity index (χ0) is 8.27. The molecular formula is C7H14N3O-. The van der Waals surface area contributed by atoms with Gasteiger partial charge in [0.15, 0.2) is 0 Å². The fourth-order valence-corrected chi connectivity index (χ4v) is 1.17. The summed E-state index contributed by atoms with van der Waals surface area (Å²) >= 11 is 0. The first-order valence-corrected chi connectivity index (χ1v) is 3.74. The molecule has 0 spiro atoms. The molecule has 1 heterocycles. The van der Waals surface area contributed by atoms with Crippen molar-refractivity contribution in [3.8, 4) is 0 Å². The summed E-state index contributed by atoms with van der Waals surface area (Å²) in [4.78, 5) is 14.5. The number of amides is 1. The first-order valence-electron chi connectivity index (χ1n) is 3.74. The zero-order valence-electron chi connectivity index (χ0n) is 6.62. The van der Waals surface area contributed by atoms with Crippen molar-refractivity contribution in [2.24, 2.45) is 5.73 Å². The van der Waals surface area contributed by atoms with Gasteiger partial charge in [-0.3, -0.25) is 16.7 Å². The van der Waals surface area contributed by atoms with Crippen LogP contribution in [-0.4, -0.2) is 48.4 Å². The second-order valence-corrected chi connectivity index (χ2v) is 2.86. The lowest BCUT2D eigenvalue weighted by Crippen LogP contribution is -2.46. The average molecular weight is 156 g/mol. The van der Waals surface area contributed by atoms with Gasteiger partial charge in [0.2, 0.25) is 5.91 Å². The predicted octanol–water partition coefficient (Wildman–Crippen LogP) is -1.12. The Balaban J connectivity index is 2.22. The van der Waals surface area contributed by atoms with Gasteiger partial charge in [0.1, 0.15) is 0 Å². The summed E-state index contributed by atoms with van der Waals surface area (Å²) in [5.41, 5.74) is 5.05. The molecule has 0 aromatic heterocycles. The Hall–Kier alpha value is -0.610. The number of nitrogens with zero attached hydrogens (tertiary/aromatic N) is 2. The SMILES string of the molecule is [CH2-]N1CCN(CC(N)=O)CC1. The van der Waals surface area contributed by atoms with Crippen molar-refractivity contribution >= 4 is 5.91 Å². The molecule has 0 atom stereocenters. The normalized spacial score (nSPS) is 21.9. The Labute approximate surface area is 66.9 Å². The van der Waals surface area contributed by atoms with E-state index in [0.717, 1.165) is 26.2 Å². The number of carbonyl (C=O) groups excluding carboxylic acids is 1. The number of piperazine rings is 1. The van der Waals surface area contributed by atoms with Gasteiger partial charge >= 0.3 is 0 Å². The van der Waals surface area contributed by atoms with E-state index in [1.807, 2.05) is 9.80 Å². The summed E-state index contributed by atoms with van der Waals surface area (Å²) in [7, 11) is 3.80. The molecule has 64 valence electrons. The molecule has 0 unspecified atom stereocenters. The van der Waals surface area contributed by atoms with Crippen molar-refractivity contribution in [1.82, 2.24) is 9.80 Å². The number of primary amides is 1. The molecule has 11 heavy (non-hydrogen) atoms. The maximum atomic E-state index is 10.5. The van der Waals surface area contributed by atoms with Crippen molar-refractivity contribution in [3.63, 3.8) is 0 Å². The lowest BCUT2D eigenvalue weighted by Gasteiger charge is -2.36. The highest BCUT2D eigenvalue weighted by Crippen LogP contribution is 1.98. The highest BCUT2D eigenvalue weighted by Gasteiger charge is 2.11. The summed E-state index contributed by atoms with van der Waals surface area (Å²) < 4.78 is 0. The van der Waals surface area contributed by atoms with Gasteiger partial charge in [0, 0.05) is 13.1 Å². The summed E-state index contributed by atoms with van der Waals surface area (Å²) in [5, 5.41) is 0. The van der Waals surface area contributed by atoms with Crippen LogP contribution in [0.5, 0.6) is 0 Å². The smallest absolute Gasteiger partial charge is 0.231 e. The fourth-order valence-electron chi connectivity index (χ4n) is 1.17. The van der Waals surface area contributed by atoms with E-state index in [-0.39, 0.29) is 5.91 Å². The average Bonchev–Trinajstić information content (AvgIpc) is 1.93. The first-order chi connectivity index (χ1) is 5.18. The maximum Gasteiger partial charge on any atom is 0.231 e. The van der Waals surface area contributed by atoms with Gasteiger partial charge in [-0.15, -0.1) is 0 Å². The number of nitrogens with two attached hydrogens (primary N) is 1. The first kappa shape index (κ1) is 8.49. The van der Waals surface area contributed by atoms with E-state index in [1.165, 1.54) is 0 Å². The minimum atomic E-state index is -0.248. The van der Waals surface area contributed by atoms with Gasteiger partial charge in [-0.05, 0) is 13.1 Å². The van der Waals surface area contributed by atoms with Gasteiger partial charge in [-0.25, -0.2) is 0 Å². The van der Waals surface area contributed by atoms with Crippen LogP contribution < -0.4 is 5.73 Å². The van der Waals surface area contributed by atoms with E-state index in [1.54, 1.807) is 0 Å². The molecular weight excluding hydrogens is 142 g/mol. The van der Waals surface area contributed by atoms with Gasteiger partial charge in [0.25, 0.3) is 0 Å². The second-order valence-electron chi connectivity index (χ2n) is 2.86. The van der Waals surface area contributed by atoms with Crippen molar-refractivity contribution in [1.29, 1.82) is 0 Å². The van der Waals surface area contributed by atoms with Crippen LogP contribution in [0.3, 0.4) is 0 Å². The molecule has 0 aliphatic carbocycles. The second kappa shape index (κ2) is 3.69. The topological polar surface area (TPSA) is 49.6 Å². The summed E-state index contributed by atoms with van der Waals surface area (Å²) in [6, 6.07) is 0. The highest BCUT2D eigenvalue weighted by atomic mass is 16.1. The molecule has 1 saturated heterocycles. The van der Waals surface area contributed by atoms with Gasteiger partial charge < -0.3 is 10.6 Å². The van der Waals surface area contributed by atoms with Crippen molar-refractivity contribution in [3.05, 3.63) is 7.05 Å². The highest BCUT2D eigenvalue weighted by molar-refractivity contribution is 5.75. The molecule has 1 amide bonds. The minimum Gasteiger partial charge on any atom is -0.457 e.